The number of ether oxygens (including phenoxy) is 1. The standard InChI is InChI=1S/C21H28N2O7/c1-21(2,3)23(20(29)30-13-14-8-5-4-6-9-14)16(12-17(24)25)18(26)22-11-7-10-15(22)19(27)28/h4-6,8-9,15-16H,7,10-13H2,1-3H3,(H,24,25)(H,27,28)/t15-,16-/m0/s1. The van der Waals surface area contributed by atoms with Crippen LogP contribution in [0.3, 0.4) is 0 Å². The van der Waals surface area contributed by atoms with Gasteiger partial charge >= 0.3 is 18.0 Å². The summed E-state index contributed by atoms with van der Waals surface area (Å²) in [6, 6.07) is 6.54. The molecule has 0 bridgehead atoms. The van der Waals surface area contributed by atoms with Gasteiger partial charge in [0.25, 0.3) is 0 Å². The molecule has 0 aromatic heterocycles. The van der Waals surface area contributed by atoms with E-state index in [9.17, 15) is 29.4 Å². The number of benzene rings is 1. The zero-order valence-corrected chi connectivity index (χ0v) is 17.4. The van der Waals surface area contributed by atoms with Crippen LogP contribution < -0.4 is 0 Å². The van der Waals surface area contributed by atoms with Crippen molar-refractivity contribution in [3.05, 3.63) is 35.9 Å². The highest BCUT2D eigenvalue weighted by atomic mass is 16.6. The van der Waals surface area contributed by atoms with Crippen LogP contribution >= 0.6 is 0 Å². The van der Waals surface area contributed by atoms with Gasteiger partial charge < -0.3 is 19.8 Å². The Bertz CT molecular complexity index is 788. The fourth-order valence-electron chi connectivity index (χ4n) is 3.59. The van der Waals surface area contributed by atoms with E-state index in [1.54, 1.807) is 45.0 Å². The number of hydrogen-bond acceptors (Lipinski definition) is 5. The molecule has 1 fully saturated rings. The highest BCUT2D eigenvalue weighted by Gasteiger charge is 2.45. The third-order valence-corrected chi connectivity index (χ3v) is 4.91. The molecule has 1 heterocycles. The zero-order chi connectivity index (χ0) is 22.5. The monoisotopic (exact) mass is 420 g/mol. The Morgan fingerprint density at radius 3 is 2.33 bits per heavy atom. The molecule has 1 aliphatic rings. The Kier molecular flexibility index (Phi) is 7.42. The van der Waals surface area contributed by atoms with Gasteiger partial charge in [0.05, 0.1) is 6.42 Å². The molecule has 2 N–H and O–H groups in total. The van der Waals surface area contributed by atoms with Crippen molar-refractivity contribution in [2.75, 3.05) is 6.54 Å². The number of carboxylic acid groups (broad SMARTS) is 2. The summed E-state index contributed by atoms with van der Waals surface area (Å²) in [5, 5.41) is 18.8. The van der Waals surface area contributed by atoms with Gasteiger partial charge in [0.2, 0.25) is 5.91 Å². The summed E-state index contributed by atoms with van der Waals surface area (Å²) < 4.78 is 5.37. The average Bonchev–Trinajstić information content (AvgIpc) is 3.15. The Morgan fingerprint density at radius 1 is 1.17 bits per heavy atom. The molecular weight excluding hydrogens is 392 g/mol. The molecule has 1 aromatic carbocycles. The van der Waals surface area contributed by atoms with Crippen LogP contribution in [0.4, 0.5) is 4.79 Å². The topological polar surface area (TPSA) is 124 Å². The first-order valence-corrected chi connectivity index (χ1v) is 9.77. The lowest BCUT2D eigenvalue weighted by Gasteiger charge is -2.41. The Balaban J connectivity index is 2.30. The maximum Gasteiger partial charge on any atom is 0.411 e. The maximum absolute atomic E-state index is 13.2. The summed E-state index contributed by atoms with van der Waals surface area (Å²) in [6.45, 7) is 5.15. The summed E-state index contributed by atoms with van der Waals surface area (Å²) in [7, 11) is 0. The lowest BCUT2D eigenvalue weighted by atomic mass is 10.0. The molecular formula is C21H28N2O7. The fraction of sp³-hybridized carbons (Fsp3) is 0.524. The van der Waals surface area contributed by atoms with Crippen molar-refractivity contribution in [3.8, 4) is 0 Å². The number of nitrogens with zero attached hydrogens (tertiary/aromatic N) is 2. The van der Waals surface area contributed by atoms with Gasteiger partial charge in [0.15, 0.2) is 0 Å². The normalized spacial score (nSPS) is 17.3. The van der Waals surface area contributed by atoms with E-state index in [1.165, 1.54) is 0 Å². The molecule has 0 saturated carbocycles. The van der Waals surface area contributed by atoms with Gasteiger partial charge in [0.1, 0.15) is 18.7 Å². The van der Waals surface area contributed by atoms with E-state index in [2.05, 4.69) is 0 Å². The van der Waals surface area contributed by atoms with E-state index >= 15 is 0 Å². The molecule has 1 aromatic rings. The number of carbonyl (C=O) groups is 4. The van der Waals surface area contributed by atoms with Gasteiger partial charge in [-0.2, -0.15) is 0 Å². The number of carboxylic acids is 2. The number of aliphatic carboxylic acids is 2. The van der Waals surface area contributed by atoms with Crippen LogP contribution in [0, 0.1) is 0 Å². The lowest BCUT2D eigenvalue weighted by Crippen LogP contribution is -2.59. The first kappa shape index (κ1) is 23.2. The second kappa shape index (κ2) is 9.60. The quantitative estimate of drug-likeness (QED) is 0.694. The number of carbonyl (C=O) groups excluding carboxylic acids is 2. The largest absolute Gasteiger partial charge is 0.481 e. The molecule has 9 nitrogen and oxygen atoms in total. The molecule has 0 aliphatic carbocycles. The van der Waals surface area contributed by atoms with E-state index in [1.807, 2.05) is 6.07 Å². The third kappa shape index (κ3) is 5.71. The van der Waals surface area contributed by atoms with Crippen molar-refractivity contribution in [2.24, 2.45) is 0 Å². The molecule has 2 atom stereocenters. The summed E-state index contributed by atoms with van der Waals surface area (Å²) >= 11 is 0. The lowest BCUT2D eigenvalue weighted by molar-refractivity contribution is -0.153. The number of amides is 2. The van der Waals surface area contributed by atoms with Crippen LogP contribution in [-0.4, -0.2) is 68.1 Å². The van der Waals surface area contributed by atoms with Crippen molar-refractivity contribution < 1.29 is 34.1 Å². The summed E-state index contributed by atoms with van der Waals surface area (Å²) in [5.41, 5.74) is -0.201. The SMILES string of the molecule is CC(C)(C)N(C(=O)OCc1ccccc1)[C@@H](CC(=O)O)C(=O)N1CCC[C@H]1C(=O)O. The molecule has 2 amide bonds. The van der Waals surface area contributed by atoms with Gasteiger partial charge in [-0.3, -0.25) is 14.5 Å². The van der Waals surface area contributed by atoms with Gasteiger partial charge in [-0.25, -0.2) is 9.59 Å². The molecule has 9 heteroatoms. The van der Waals surface area contributed by atoms with E-state index in [-0.39, 0.29) is 19.6 Å². The van der Waals surface area contributed by atoms with Crippen LogP contribution in [0.25, 0.3) is 0 Å². The molecule has 0 unspecified atom stereocenters. The zero-order valence-electron chi connectivity index (χ0n) is 17.4. The van der Waals surface area contributed by atoms with Crippen LogP contribution in [0.5, 0.6) is 0 Å². The van der Waals surface area contributed by atoms with Crippen molar-refractivity contribution >= 4 is 23.9 Å². The Labute approximate surface area is 175 Å². The average molecular weight is 420 g/mol. The van der Waals surface area contributed by atoms with E-state index in [4.69, 9.17) is 4.74 Å². The van der Waals surface area contributed by atoms with Crippen LogP contribution in [-0.2, 0) is 25.7 Å². The molecule has 1 aliphatic heterocycles. The van der Waals surface area contributed by atoms with Gasteiger partial charge in [-0.15, -0.1) is 0 Å². The maximum atomic E-state index is 13.2. The van der Waals surface area contributed by atoms with Crippen molar-refractivity contribution in [3.63, 3.8) is 0 Å². The first-order chi connectivity index (χ1) is 14.0. The van der Waals surface area contributed by atoms with E-state index in [0.29, 0.717) is 6.42 Å². The molecule has 2 rings (SSSR count). The summed E-state index contributed by atoms with van der Waals surface area (Å²) in [5.74, 6) is -3.12. The molecule has 0 radical (unpaired) electrons. The second-order valence-electron chi connectivity index (χ2n) is 8.22. The highest BCUT2D eigenvalue weighted by Crippen LogP contribution is 2.26. The van der Waals surface area contributed by atoms with Crippen molar-refractivity contribution in [2.45, 2.75) is 64.3 Å². The van der Waals surface area contributed by atoms with Crippen molar-refractivity contribution in [1.82, 2.24) is 9.80 Å². The predicted molar refractivity (Wildman–Crippen MR) is 107 cm³/mol. The summed E-state index contributed by atoms with van der Waals surface area (Å²) in [4.78, 5) is 51.4. The van der Waals surface area contributed by atoms with Crippen LogP contribution in [0.1, 0.15) is 45.6 Å². The fourth-order valence-corrected chi connectivity index (χ4v) is 3.59. The van der Waals surface area contributed by atoms with E-state index < -0.39 is 48.0 Å². The summed E-state index contributed by atoms with van der Waals surface area (Å²) in [6.07, 6.45) is -0.706. The Hall–Kier alpha value is -3.10. The first-order valence-electron chi connectivity index (χ1n) is 9.77. The van der Waals surface area contributed by atoms with Gasteiger partial charge in [-0.05, 0) is 39.2 Å². The molecule has 1 saturated heterocycles. The van der Waals surface area contributed by atoms with Gasteiger partial charge in [0, 0.05) is 12.1 Å². The van der Waals surface area contributed by atoms with Crippen LogP contribution in [0.2, 0.25) is 0 Å². The molecule has 0 spiro atoms. The number of rotatable bonds is 7. The highest BCUT2D eigenvalue weighted by molar-refractivity contribution is 5.92. The predicted octanol–water partition coefficient (Wildman–Crippen LogP) is 2.34. The number of hydrogen-bond donors (Lipinski definition) is 2. The number of likely N-dealkylation sites (tertiary alicyclic amines) is 1. The Morgan fingerprint density at radius 2 is 1.80 bits per heavy atom. The molecule has 164 valence electrons. The minimum Gasteiger partial charge on any atom is -0.481 e. The van der Waals surface area contributed by atoms with Crippen molar-refractivity contribution in [1.29, 1.82) is 0 Å². The minimum absolute atomic E-state index is 0.0400. The third-order valence-electron chi connectivity index (χ3n) is 4.91. The smallest absolute Gasteiger partial charge is 0.411 e. The van der Waals surface area contributed by atoms with Crippen LogP contribution in [0.15, 0.2) is 30.3 Å². The molecule has 30 heavy (non-hydrogen) atoms. The van der Waals surface area contributed by atoms with E-state index in [0.717, 1.165) is 15.4 Å². The van der Waals surface area contributed by atoms with Gasteiger partial charge in [-0.1, -0.05) is 30.3 Å². The second-order valence-corrected chi connectivity index (χ2v) is 8.22. The minimum atomic E-state index is -1.38.